The maximum absolute atomic E-state index is 9.50. The van der Waals surface area contributed by atoms with E-state index in [0.717, 1.165) is 22.3 Å². The van der Waals surface area contributed by atoms with E-state index in [1.165, 1.54) is 17.0 Å². The van der Waals surface area contributed by atoms with Crippen molar-refractivity contribution in [3.8, 4) is 29.0 Å². The number of aromatic nitrogens is 2. The van der Waals surface area contributed by atoms with Crippen LogP contribution < -0.4 is 0 Å². The lowest BCUT2D eigenvalue weighted by atomic mass is 10.0. The predicted octanol–water partition coefficient (Wildman–Crippen LogP) is 5.59. The average molecular weight is 370 g/mol. The van der Waals surface area contributed by atoms with Gasteiger partial charge in [0.2, 0.25) is 0 Å². The summed E-state index contributed by atoms with van der Waals surface area (Å²) < 4.78 is 2.23. The molecule has 4 nitrogen and oxygen atoms in total. The Labute approximate surface area is 167 Å². The van der Waals surface area contributed by atoms with Gasteiger partial charge in [0.1, 0.15) is 17.8 Å². The molecule has 0 saturated heterocycles. The van der Waals surface area contributed by atoms with Gasteiger partial charge >= 0.3 is 0 Å². The molecule has 5 aromatic rings. The minimum Gasteiger partial charge on any atom is -0.309 e. The fourth-order valence-electron chi connectivity index (χ4n) is 3.86. The number of pyridine rings is 1. The van der Waals surface area contributed by atoms with Crippen molar-refractivity contribution in [2.75, 3.05) is 0 Å². The second kappa shape index (κ2) is 6.64. The van der Waals surface area contributed by atoms with Gasteiger partial charge in [-0.1, -0.05) is 48.5 Å². The second-order valence-corrected chi connectivity index (χ2v) is 6.76. The summed E-state index contributed by atoms with van der Waals surface area (Å²) in [6, 6.07) is 30.6. The fraction of sp³-hybridized carbons (Fsp3) is 0. The zero-order valence-electron chi connectivity index (χ0n) is 15.4. The van der Waals surface area contributed by atoms with Gasteiger partial charge in [-0.2, -0.15) is 10.5 Å². The van der Waals surface area contributed by atoms with Gasteiger partial charge in [0.05, 0.1) is 16.6 Å². The van der Waals surface area contributed by atoms with E-state index in [9.17, 15) is 10.5 Å². The Bertz CT molecular complexity index is 1430. The van der Waals surface area contributed by atoms with E-state index >= 15 is 0 Å². The number of hydrogen-bond acceptors (Lipinski definition) is 3. The zero-order chi connectivity index (χ0) is 19.8. The van der Waals surface area contributed by atoms with Crippen molar-refractivity contribution >= 4 is 21.8 Å². The summed E-state index contributed by atoms with van der Waals surface area (Å²) in [4.78, 5) is 4.02. The van der Waals surface area contributed by atoms with Crippen LogP contribution in [0.15, 0.2) is 85.1 Å². The summed E-state index contributed by atoms with van der Waals surface area (Å²) in [5.41, 5.74) is 5.57. The number of hydrogen-bond donors (Lipinski definition) is 0. The Morgan fingerprint density at radius 2 is 1.41 bits per heavy atom. The average Bonchev–Trinajstić information content (AvgIpc) is 3.13. The number of fused-ring (bicyclic) bond motifs is 3. The zero-order valence-corrected chi connectivity index (χ0v) is 15.4. The van der Waals surface area contributed by atoms with Crippen molar-refractivity contribution in [2.24, 2.45) is 0 Å². The van der Waals surface area contributed by atoms with Crippen LogP contribution >= 0.6 is 0 Å². The van der Waals surface area contributed by atoms with Crippen molar-refractivity contribution in [3.05, 3.63) is 96.3 Å². The van der Waals surface area contributed by atoms with Crippen molar-refractivity contribution in [3.63, 3.8) is 0 Å². The van der Waals surface area contributed by atoms with E-state index in [0.29, 0.717) is 16.8 Å². The minimum atomic E-state index is 0.293. The van der Waals surface area contributed by atoms with Crippen LogP contribution in [0.3, 0.4) is 0 Å². The van der Waals surface area contributed by atoms with E-state index in [-0.39, 0.29) is 0 Å². The standard InChI is InChI=1S/C25H14N4/c26-14-18-16-28-19(15-27)13-23(18)17-6-5-7-20(12-17)29-24-10-3-1-8-21(24)22-9-2-4-11-25(22)29/h1-13,16H. The highest BCUT2D eigenvalue weighted by atomic mass is 15.0. The third kappa shape index (κ3) is 2.64. The summed E-state index contributed by atoms with van der Waals surface area (Å²) in [5.74, 6) is 0. The summed E-state index contributed by atoms with van der Waals surface area (Å²) >= 11 is 0. The van der Waals surface area contributed by atoms with Gasteiger partial charge in [0.25, 0.3) is 0 Å². The Morgan fingerprint density at radius 1 is 0.724 bits per heavy atom. The van der Waals surface area contributed by atoms with E-state index in [2.05, 4.69) is 70.2 Å². The lowest BCUT2D eigenvalue weighted by Gasteiger charge is -2.11. The Hall–Kier alpha value is -4.41. The van der Waals surface area contributed by atoms with Crippen LogP contribution in [-0.4, -0.2) is 9.55 Å². The largest absolute Gasteiger partial charge is 0.309 e. The van der Waals surface area contributed by atoms with Gasteiger partial charge in [-0.05, 0) is 35.9 Å². The normalized spacial score (nSPS) is 10.7. The molecule has 0 bridgehead atoms. The molecule has 0 N–H and O–H groups in total. The molecule has 0 aliphatic rings. The van der Waals surface area contributed by atoms with Crippen molar-refractivity contribution in [1.29, 1.82) is 10.5 Å². The molecule has 0 saturated carbocycles. The molecule has 0 amide bonds. The molecule has 134 valence electrons. The molecular weight excluding hydrogens is 356 g/mol. The number of rotatable bonds is 2. The first kappa shape index (κ1) is 16.7. The summed E-state index contributed by atoms with van der Waals surface area (Å²) in [6.07, 6.45) is 1.46. The number of benzene rings is 3. The smallest absolute Gasteiger partial charge is 0.141 e. The van der Waals surface area contributed by atoms with Crippen LogP contribution in [0.4, 0.5) is 0 Å². The summed E-state index contributed by atoms with van der Waals surface area (Å²) in [7, 11) is 0. The first-order valence-corrected chi connectivity index (χ1v) is 9.19. The number of para-hydroxylation sites is 2. The minimum absolute atomic E-state index is 0.293. The monoisotopic (exact) mass is 370 g/mol. The maximum Gasteiger partial charge on any atom is 0.141 e. The highest BCUT2D eigenvalue weighted by Gasteiger charge is 2.13. The molecule has 3 aromatic carbocycles. The molecule has 0 aliphatic carbocycles. The lowest BCUT2D eigenvalue weighted by Crippen LogP contribution is -1.95. The molecule has 5 rings (SSSR count). The Morgan fingerprint density at radius 3 is 2.07 bits per heavy atom. The molecule has 29 heavy (non-hydrogen) atoms. The highest BCUT2D eigenvalue weighted by Crippen LogP contribution is 2.33. The Kier molecular flexibility index (Phi) is 3.83. The SMILES string of the molecule is N#Cc1cc(-c2cccc(-n3c4ccccc4c4ccccc43)c2)c(C#N)cn1. The van der Waals surface area contributed by atoms with Crippen LogP contribution in [-0.2, 0) is 0 Å². The van der Waals surface area contributed by atoms with Crippen molar-refractivity contribution in [2.45, 2.75) is 0 Å². The Balaban J connectivity index is 1.79. The number of nitriles is 2. The molecule has 0 atom stereocenters. The van der Waals surface area contributed by atoms with Crippen molar-refractivity contribution < 1.29 is 0 Å². The molecule has 0 unspecified atom stereocenters. The first-order valence-electron chi connectivity index (χ1n) is 9.19. The van der Waals surface area contributed by atoms with E-state index in [4.69, 9.17) is 0 Å². The first-order chi connectivity index (χ1) is 14.3. The molecule has 2 aromatic heterocycles. The third-order valence-electron chi connectivity index (χ3n) is 5.13. The molecule has 2 heterocycles. The molecule has 0 radical (unpaired) electrons. The van der Waals surface area contributed by atoms with E-state index in [1.54, 1.807) is 6.07 Å². The van der Waals surface area contributed by atoms with Crippen LogP contribution in [0, 0.1) is 22.7 Å². The van der Waals surface area contributed by atoms with Gasteiger partial charge in [0, 0.05) is 28.2 Å². The molecule has 0 spiro atoms. The second-order valence-electron chi connectivity index (χ2n) is 6.76. The highest BCUT2D eigenvalue weighted by molar-refractivity contribution is 6.09. The third-order valence-corrected chi connectivity index (χ3v) is 5.13. The van der Waals surface area contributed by atoms with Gasteiger partial charge < -0.3 is 4.57 Å². The molecular formula is C25H14N4. The molecule has 4 heteroatoms. The van der Waals surface area contributed by atoms with Crippen molar-refractivity contribution in [1.82, 2.24) is 9.55 Å². The topological polar surface area (TPSA) is 65.4 Å². The summed E-state index contributed by atoms with van der Waals surface area (Å²) in [6.45, 7) is 0. The van der Waals surface area contributed by atoms with Crippen LogP contribution in [0.1, 0.15) is 11.3 Å². The van der Waals surface area contributed by atoms with E-state index in [1.807, 2.05) is 24.3 Å². The fourth-order valence-corrected chi connectivity index (χ4v) is 3.86. The summed E-state index contributed by atoms with van der Waals surface area (Å²) in [5, 5.41) is 21.1. The van der Waals surface area contributed by atoms with Gasteiger partial charge in [-0.3, -0.25) is 0 Å². The van der Waals surface area contributed by atoms with Crippen LogP contribution in [0.2, 0.25) is 0 Å². The predicted molar refractivity (Wildman–Crippen MR) is 113 cm³/mol. The van der Waals surface area contributed by atoms with E-state index < -0.39 is 0 Å². The molecule has 0 aliphatic heterocycles. The van der Waals surface area contributed by atoms with Crippen LogP contribution in [0.5, 0.6) is 0 Å². The van der Waals surface area contributed by atoms with Gasteiger partial charge in [0.15, 0.2) is 0 Å². The lowest BCUT2D eigenvalue weighted by molar-refractivity contribution is 1.18. The molecule has 0 fully saturated rings. The van der Waals surface area contributed by atoms with Gasteiger partial charge in [-0.25, -0.2) is 4.98 Å². The maximum atomic E-state index is 9.50. The van der Waals surface area contributed by atoms with Gasteiger partial charge in [-0.15, -0.1) is 0 Å². The number of nitrogens with zero attached hydrogens (tertiary/aromatic N) is 4. The quantitative estimate of drug-likeness (QED) is 0.407. The van der Waals surface area contributed by atoms with Crippen LogP contribution in [0.25, 0.3) is 38.6 Å².